The first kappa shape index (κ1) is 15.4. The van der Waals surface area contributed by atoms with E-state index in [0.717, 1.165) is 0 Å². The highest BCUT2D eigenvalue weighted by Gasteiger charge is 2.07. The summed E-state index contributed by atoms with van der Waals surface area (Å²) >= 11 is 4.59. The second-order valence-electron chi connectivity index (χ2n) is 3.92. The molecule has 0 saturated carbocycles. The van der Waals surface area contributed by atoms with Crippen molar-refractivity contribution < 1.29 is 14.3 Å². The number of hydrogen-bond donors (Lipinski definition) is 2. The van der Waals surface area contributed by atoms with Crippen molar-refractivity contribution in [3.63, 3.8) is 0 Å². The Balaban J connectivity index is 1.89. The molecule has 0 bridgehead atoms. The van der Waals surface area contributed by atoms with Gasteiger partial charge in [-0.25, -0.2) is 4.79 Å². The lowest BCUT2D eigenvalue weighted by Crippen LogP contribution is -2.24. The standard InChI is InChI=1S/C14H12N4O3S/c15-13(22)18-17-8-10-6-7-12(9-16-10)21-14(19)20-11-4-2-1-3-5-11/h1-9H,(H3,15,18,22)/b17-8+. The number of aromatic nitrogens is 1. The van der Waals surface area contributed by atoms with E-state index in [2.05, 4.69) is 27.7 Å². The number of benzene rings is 1. The van der Waals surface area contributed by atoms with Crippen LogP contribution >= 0.6 is 12.2 Å². The Morgan fingerprint density at radius 2 is 1.91 bits per heavy atom. The molecule has 3 N–H and O–H groups in total. The Bertz CT molecular complexity index is 674. The minimum Gasteiger partial charge on any atom is -0.395 e. The predicted octanol–water partition coefficient (Wildman–Crippen LogP) is 1.83. The van der Waals surface area contributed by atoms with Gasteiger partial charge in [-0.3, -0.25) is 10.4 Å². The topological polar surface area (TPSA) is 98.8 Å². The Labute approximate surface area is 131 Å². The summed E-state index contributed by atoms with van der Waals surface area (Å²) in [6.45, 7) is 0. The molecule has 0 amide bonds. The third-order valence-electron chi connectivity index (χ3n) is 2.28. The van der Waals surface area contributed by atoms with Crippen LogP contribution in [0.3, 0.4) is 0 Å². The molecular formula is C14H12N4O3S. The molecule has 1 aromatic heterocycles. The molecule has 112 valence electrons. The zero-order valence-electron chi connectivity index (χ0n) is 11.3. The molecule has 0 radical (unpaired) electrons. The van der Waals surface area contributed by atoms with Gasteiger partial charge in [-0.05, 0) is 36.5 Å². The molecule has 0 unspecified atom stereocenters. The maximum absolute atomic E-state index is 11.6. The Kier molecular flexibility index (Phi) is 5.38. The molecule has 0 atom stereocenters. The number of carbonyl (C=O) groups excluding carboxylic acids is 1. The van der Waals surface area contributed by atoms with E-state index in [1.807, 2.05) is 6.07 Å². The summed E-state index contributed by atoms with van der Waals surface area (Å²) in [5.74, 6) is 0.647. The van der Waals surface area contributed by atoms with Crippen molar-refractivity contribution in [3.8, 4) is 11.5 Å². The van der Waals surface area contributed by atoms with Crippen molar-refractivity contribution in [2.75, 3.05) is 0 Å². The molecule has 22 heavy (non-hydrogen) atoms. The predicted molar refractivity (Wildman–Crippen MR) is 84.8 cm³/mol. The number of hydrogen-bond acceptors (Lipinski definition) is 6. The molecule has 0 saturated heterocycles. The van der Waals surface area contributed by atoms with E-state index in [0.29, 0.717) is 11.4 Å². The van der Waals surface area contributed by atoms with Gasteiger partial charge in [-0.1, -0.05) is 18.2 Å². The summed E-state index contributed by atoms with van der Waals surface area (Å²) in [5.41, 5.74) is 8.15. The molecule has 0 aliphatic carbocycles. The number of carbonyl (C=O) groups is 1. The normalized spacial score (nSPS) is 10.2. The number of nitrogens with two attached hydrogens (primary N) is 1. The Morgan fingerprint density at radius 1 is 1.18 bits per heavy atom. The van der Waals surface area contributed by atoms with Crippen molar-refractivity contribution in [1.82, 2.24) is 10.4 Å². The van der Waals surface area contributed by atoms with Crippen molar-refractivity contribution in [2.24, 2.45) is 10.8 Å². The SMILES string of the molecule is NC(=S)N/N=C/c1ccc(OC(=O)Oc2ccccc2)cn1. The van der Waals surface area contributed by atoms with Gasteiger partial charge in [-0.15, -0.1) is 0 Å². The lowest BCUT2D eigenvalue weighted by molar-refractivity contribution is 0.151. The fraction of sp³-hybridized carbons (Fsp3) is 0. The third-order valence-corrected chi connectivity index (χ3v) is 2.37. The van der Waals surface area contributed by atoms with E-state index in [9.17, 15) is 4.79 Å². The first-order valence-electron chi connectivity index (χ1n) is 6.13. The van der Waals surface area contributed by atoms with Gasteiger partial charge in [0.25, 0.3) is 0 Å². The number of hydrazone groups is 1. The summed E-state index contributed by atoms with van der Waals surface area (Å²) in [5, 5.41) is 3.81. The molecule has 0 aliphatic heterocycles. The fourth-order valence-corrected chi connectivity index (χ4v) is 1.45. The zero-order valence-corrected chi connectivity index (χ0v) is 12.1. The van der Waals surface area contributed by atoms with Crippen LogP contribution < -0.4 is 20.6 Å². The molecular weight excluding hydrogens is 304 g/mol. The zero-order chi connectivity index (χ0) is 15.8. The van der Waals surface area contributed by atoms with Crippen LogP contribution in [0, 0.1) is 0 Å². The average molecular weight is 316 g/mol. The molecule has 0 fully saturated rings. The maximum Gasteiger partial charge on any atom is 0.519 e. The van der Waals surface area contributed by atoms with Crippen molar-refractivity contribution >= 4 is 29.7 Å². The van der Waals surface area contributed by atoms with Crippen LogP contribution in [0.4, 0.5) is 4.79 Å². The van der Waals surface area contributed by atoms with Gasteiger partial charge in [0.1, 0.15) is 5.75 Å². The number of thiocarbonyl (C=S) groups is 1. The summed E-state index contributed by atoms with van der Waals surface area (Å²) in [7, 11) is 0. The summed E-state index contributed by atoms with van der Waals surface area (Å²) in [6.07, 6.45) is 1.95. The minimum absolute atomic E-state index is 0.0554. The second-order valence-corrected chi connectivity index (χ2v) is 4.36. The summed E-state index contributed by atoms with van der Waals surface area (Å²) < 4.78 is 9.98. The number of ether oxygens (including phenoxy) is 2. The van der Waals surface area contributed by atoms with Gasteiger partial charge >= 0.3 is 6.16 Å². The van der Waals surface area contributed by atoms with E-state index in [-0.39, 0.29) is 10.9 Å². The van der Waals surface area contributed by atoms with Crippen molar-refractivity contribution in [3.05, 3.63) is 54.4 Å². The van der Waals surface area contributed by atoms with Crippen molar-refractivity contribution in [1.29, 1.82) is 0 Å². The molecule has 1 aromatic carbocycles. The van der Waals surface area contributed by atoms with Gasteiger partial charge in [-0.2, -0.15) is 5.10 Å². The largest absolute Gasteiger partial charge is 0.519 e. The molecule has 1 heterocycles. The number of para-hydroxylation sites is 1. The average Bonchev–Trinajstić information content (AvgIpc) is 2.49. The molecule has 2 aromatic rings. The van der Waals surface area contributed by atoms with Gasteiger partial charge in [0.2, 0.25) is 0 Å². The quantitative estimate of drug-likeness (QED) is 0.292. The van der Waals surface area contributed by atoms with Crippen LogP contribution in [0.15, 0.2) is 53.8 Å². The number of rotatable bonds is 4. The highest BCUT2D eigenvalue weighted by molar-refractivity contribution is 7.80. The van der Waals surface area contributed by atoms with E-state index in [4.69, 9.17) is 15.2 Å². The summed E-state index contributed by atoms with van der Waals surface area (Å²) in [6, 6.07) is 11.8. The van der Waals surface area contributed by atoms with E-state index in [1.165, 1.54) is 12.4 Å². The smallest absolute Gasteiger partial charge is 0.395 e. The molecule has 7 nitrogen and oxygen atoms in total. The van der Waals surface area contributed by atoms with Gasteiger partial charge in [0.15, 0.2) is 10.9 Å². The second kappa shape index (κ2) is 7.70. The molecule has 0 aliphatic rings. The van der Waals surface area contributed by atoms with Gasteiger partial charge < -0.3 is 15.2 Å². The van der Waals surface area contributed by atoms with Gasteiger partial charge in [0.05, 0.1) is 18.1 Å². The van der Waals surface area contributed by atoms with Gasteiger partial charge in [0, 0.05) is 0 Å². The van der Waals surface area contributed by atoms with E-state index >= 15 is 0 Å². The number of nitrogens with one attached hydrogen (secondary N) is 1. The molecule has 2 rings (SSSR count). The van der Waals surface area contributed by atoms with E-state index < -0.39 is 6.16 Å². The van der Waals surface area contributed by atoms with Crippen LogP contribution in [0.2, 0.25) is 0 Å². The lowest BCUT2D eigenvalue weighted by Gasteiger charge is -2.05. The highest BCUT2D eigenvalue weighted by Crippen LogP contribution is 2.12. The molecule has 8 heteroatoms. The van der Waals surface area contributed by atoms with Crippen LogP contribution in [0.5, 0.6) is 11.5 Å². The van der Waals surface area contributed by atoms with Crippen LogP contribution in [0.25, 0.3) is 0 Å². The molecule has 0 spiro atoms. The third kappa shape index (κ3) is 5.17. The fourth-order valence-electron chi connectivity index (χ4n) is 1.39. The Morgan fingerprint density at radius 3 is 2.55 bits per heavy atom. The van der Waals surface area contributed by atoms with E-state index in [1.54, 1.807) is 36.4 Å². The Hall–Kier alpha value is -3.00. The number of nitrogens with zero attached hydrogens (tertiary/aromatic N) is 2. The monoisotopic (exact) mass is 316 g/mol. The maximum atomic E-state index is 11.6. The summed E-state index contributed by atoms with van der Waals surface area (Å²) in [4.78, 5) is 15.6. The highest BCUT2D eigenvalue weighted by atomic mass is 32.1. The van der Waals surface area contributed by atoms with Crippen molar-refractivity contribution in [2.45, 2.75) is 0 Å². The lowest BCUT2D eigenvalue weighted by atomic mass is 10.3. The van der Waals surface area contributed by atoms with Crippen LogP contribution in [-0.4, -0.2) is 22.5 Å². The minimum atomic E-state index is -0.843. The van der Waals surface area contributed by atoms with Crippen LogP contribution in [0.1, 0.15) is 5.69 Å². The number of pyridine rings is 1. The van der Waals surface area contributed by atoms with Crippen LogP contribution in [-0.2, 0) is 0 Å². The first-order chi connectivity index (χ1) is 10.6. The first-order valence-corrected chi connectivity index (χ1v) is 6.53.